The van der Waals surface area contributed by atoms with Gasteiger partial charge in [0.15, 0.2) is 5.82 Å². The van der Waals surface area contributed by atoms with Crippen molar-refractivity contribution in [3.63, 3.8) is 0 Å². The van der Waals surface area contributed by atoms with E-state index < -0.39 is 0 Å². The summed E-state index contributed by atoms with van der Waals surface area (Å²) >= 11 is 0. The molecule has 2 fully saturated rings. The standard InChI is InChI=1S/C19H26N8O2/c1-12-9-13(2)27(23-12)17-10-15(20-14(3)21-17)25-5-7-26(8-6-25)16-11-18(28)24(4)19(29)22-16/h9-10,16H,5-8,11H2,1-4H3,(H,22,29). The van der Waals surface area contributed by atoms with E-state index in [1.54, 1.807) is 0 Å². The van der Waals surface area contributed by atoms with E-state index in [4.69, 9.17) is 0 Å². The first kappa shape index (κ1) is 19.3. The molecule has 0 bridgehead atoms. The Kier molecular flexibility index (Phi) is 4.95. The molecule has 0 aliphatic carbocycles. The van der Waals surface area contributed by atoms with Crippen LogP contribution in [0.25, 0.3) is 5.82 Å². The quantitative estimate of drug-likeness (QED) is 0.808. The fraction of sp³-hybridized carbons (Fsp3) is 0.526. The first-order chi connectivity index (χ1) is 13.8. The summed E-state index contributed by atoms with van der Waals surface area (Å²) in [7, 11) is 1.50. The Morgan fingerprint density at radius 1 is 1.00 bits per heavy atom. The fourth-order valence-corrected chi connectivity index (χ4v) is 3.86. The molecule has 2 aliphatic rings. The highest BCUT2D eigenvalue weighted by Gasteiger charge is 2.34. The second-order valence-corrected chi connectivity index (χ2v) is 7.62. The van der Waals surface area contributed by atoms with Crippen LogP contribution in [0.2, 0.25) is 0 Å². The molecular formula is C19H26N8O2. The Morgan fingerprint density at radius 2 is 1.69 bits per heavy atom. The average molecular weight is 398 g/mol. The third kappa shape index (κ3) is 3.80. The first-order valence-corrected chi connectivity index (χ1v) is 9.77. The summed E-state index contributed by atoms with van der Waals surface area (Å²) in [4.78, 5) is 38.6. The number of anilines is 1. The molecule has 4 heterocycles. The van der Waals surface area contributed by atoms with Gasteiger partial charge in [-0.25, -0.2) is 19.4 Å². The van der Waals surface area contributed by atoms with Gasteiger partial charge in [-0.1, -0.05) is 0 Å². The van der Waals surface area contributed by atoms with Gasteiger partial charge in [-0.3, -0.25) is 14.6 Å². The van der Waals surface area contributed by atoms with E-state index in [0.29, 0.717) is 12.2 Å². The lowest BCUT2D eigenvalue weighted by molar-refractivity contribution is -0.130. The van der Waals surface area contributed by atoms with Gasteiger partial charge in [-0.05, 0) is 26.8 Å². The zero-order valence-electron chi connectivity index (χ0n) is 17.2. The van der Waals surface area contributed by atoms with Gasteiger partial charge < -0.3 is 10.2 Å². The minimum atomic E-state index is -0.338. The molecule has 0 saturated carbocycles. The van der Waals surface area contributed by atoms with Crippen LogP contribution in [0.5, 0.6) is 0 Å². The highest BCUT2D eigenvalue weighted by Crippen LogP contribution is 2.20. The van der Waals surface area contributed by atoms with E-state index in [9.17, 15) is 9.59 Å². The van der Waals surface area contributed by atoms with Gasteiger partial charge in [0.25, 0.3) is 0 Å². The van der Waals surface area contributed by atoms with Crippen LogP contribution in [0.3, 0.4) is 0 Å². The molecule has 0 spiro atoms. The van der Waals surface area contributed by atoms with Gasteiger partial charge in [0, 0.05) is 45.0 Å². The zero-order chi connectivity index (χ0) is 20.7. The number of piperazine rings is 1. The highest BCUT2D eigenvalue weighted by atomic mass is 16.2. The Balaban J connectivity index is 1.47. The molecule has 1 N–H and O–H groups in total. The predicted molar refractivity (Wildman–Crippen MR) is 107 cm³/mol. The zero-order valence-corrected chi connectivity index (χ0v) is 17.2. The van der Waals surface area contributed by atoms with E-state index in [0.717, 1.165) is 54.1 Å². The van der Waals surface area contributed by atoms with Gasteiger partial charge in [0.05, 0.1) is 18.3 Å². The number of nitrogens with zero attached hydrogens (tertiary/aromatic N) is 7. The Labute approximate surface area is 169 Å². The van der Waals surface area contributed by atoms with Gasteiger partial charge in [-0.2, -0.15) is 5.10 Å². The van der Waals surface area contributed by atoms with Crippen LogP contribution in [-0.4, -0.2) is 80.9 Å². The van der Waals surface area contributed by atoms with Crippen molar-refractivity contribution in [2.45, 2.75) is 33.4 Å². The van der Waals surface area contributed by atoms with Crippen LogP contribution in [0, 0.1) is 20.8 Å². The number of rotatable bonds is 3. The molecule has 1 unspecified atom stereocenters. The first-order valence-electron chi connectivity index (χ1n) is 9.77. The maximum absolute atomic E-state index is 12.0. The van der Waals surface area contributed by atoms with Crippen LogP contribution in [0.15, 0.2) is 12.1 Å². The molecule has 2 aliphatic heterocycles. The van der Waals surface area contributed by atoms with Gasteiger partial charge in [0.1, 0.15) is 11.6 Å². The largest absolute Gasteiger partial charge is 0.354 e. The van der Waals surface area contributed by atoms with Crippen molar-refractivity contribution in [3.05, 3.63) is 29.3 Å². The molecule has 2 saturated heterocycles. The van der Waals surface area contributed by atoms with Crippen molar-refractivity contribution in [3.8, 4) is 5.82 Å². The summed E-state index contributed by atoms with van der Waals surface area (Å²) in [6.07, 6.45) is 0.0578. The molecule has 1 atom stereocenters. The Hall–Kier alpha value is -3.01. The van der Waals surface area contributed by atoms with Crippen molar-refractivity contribution >= 4 is 17.8 Å². The summed E-state index contributed by atoms with van der Waals surface area (Å²) in [5, 5.41) is 7.43. The number of hydrogen-bond donors (Lipinski definition) is 1. The van der Waals surface area contributed by atoms with Crippen LogP contribution in [-0.2, 0) is 4.79 Å². The number of amides is 3. The lowest BCUT2D eigenvalue weighted by Crippen LogP contribution is -2.62. The topological polar surface area (TPSA) is 99.5 Å². The molecule has 154 valence electrons. The normalized spacial score (nSPS) is 20.9. The van der Waals surface area contributed by atoms with Crippen LogP contribution in [0.1, 0.15) is 23.6 Å². The third-order valence-corrected chi connectivity index (χ3v) is 5.45. The number of carbonyl (C=O) groups is 2. The van der Waals surface area contributed by atoms with Crippen molar-refractivity contribution in [1.29, 1.82) is 0 Å². The summed E-state index contributed by atoms with van der Waals surface area (Å²) < 4.78 is 1.84. The Bertz CT molecular complexity index is 930. The minimum Gasteiger partial charge on any atom is -0.354 e. The number of carbonyl (C=O) groups excluding carboxylic acids is 2. The molecule has 2 aromatic heterocycles. The number of urea groups is 1. The minimum absolute atomic E-state index is 0.151. The molecule has 0 aromatic carbocycles. The average Bonchev–Trinajstić information content (AvgIpc) is 3.03. The molecule has 2 aromatic rings. The van der Waals surface area contributed by atoms with E-state index in [1.165, 1.54) is 7.05 Å². The van der Waals surface area contributed by atoms with Crippen LogP contribution >= 0.6 is 0 Å². The summed E-state index contributed by atoms with van der Waals surface area (Å²) in [6, 6.07) is 3.64. The van der Waals surface area contributed by atoms with Gasteiger partial charge >= 0.3 is 6.03 Å². The highest BCUT2D eigenvalue weighted by molar-refractivity contribution is 5.96. The van der Waals surface area contributed by atoms with E-state index >= 15 is 0 Å². The number of aryl methyl sites for hydroxylation is 3. The molecule has 10 heteroatoms. The van der Waals surface area contributed by atoms with Crippen LogP contribution < -0.4 is 10.2 Å². The number of aromatic nitrogens is 4. The molecule has 3 amide bonds. The number of imide groups is 1. The molecule has 0 radical (unpaired) electrons. The monoisotopic (exact) mass is 398 g/mol. The van der Waals surface area contributed by atoms with Crippen molar-refractivity contribution in [2.75, 3.05) is 38.1 Å². The molecular weight excluding hydrogens is 372 g/mol. The Morgan fingerprint density at radius 3 is 2.31 bits per heavy atom. The number of hydrogen-bond acceptors (Lipinski definition) is 7. The molecule has 10 nitrogen and oxygen atoms in total. The summed E-state index contributed by atoms with van der Waals surface area (Å²) in [5.41, 5.74) is 1.97. The van der Waals surface area contributed by atoms with E-state index in [-0.39, 0.29) is 18.1 Å². The van der Waals surface area contributed by atoms with E-state index in [1.807, 2.05) is 37.6 Å². The third-order valence-electron chi connectivity index (χ3n) is 5.45. The van der Waals surface area contributed by atoms with E-state index in [2.05, 4.69) is 30.2 Å². The SMILES string of the molecule is Cc1cc(C)n(-c2cc(N3CCN(C4CC(=O)N(C)C(=O)N4)CC3)nc(C)n2)n1. The summed E-state index contributed by atoms with van der Waals surface area (Å²) in [6.45, 7) is 8.83. The second kappa shape index (κ2) is 7.43. The predicted octanol–water partition coefficient (Wildman–Crippen LogP) is 0.607. The molecule has 4 rings (SSSR count). The smallest absolute Gasteiger partial charge is 0.325 e. The second-order valence-electron chi connectivity index (χ2n) is 7.62. The van der Waals surface area contributed by atoms with Crippen molar-refractivity contribution < 1.29 is 9.59 Å². The fourth-order valence-electron chi connectivity index (χ4n) is 3.86. The van der Waals surface area contributed by atoms with Crippen molar-refractivity contribution in [1.82, 2.24) is 34.9 Å². The molecule has 29 heavy (non-hydrogen) atoms. The maximum Gasteiger partial charge on any atom is 0.325 e. The van der Waals surface area contributed by atoms with Crippen LogP contribution in [0.4, 0.5) is 10.6 Å². The summed E-state index contributed by atoms with van der Waals surface area (Å²) in [5.74, 6) is 2.17. The van der Waals surface area contributed by atoms with Gasteiger partial charge in [0.2, 0.25) is 5.91 Å². The lowest BCUT2D eigenvalue weighted by atomic mass is 10.2. The van der Waals surface area contributed by atoms with Crippen molar-refractivity contribution in [2.24, 2.45) is 0 Å². The lowest BCUT2D eigenvalue weighted by Gasteiger charge is -2.42. The number of nitrogens with one attached hydrogen (secondary N) is 1. The van der Waals surface area contributed by atoms with Gasteiger partial charge in [-0.15, -0.1) is 0 Å². The maximum atomic E-state index is 12.0.